The van der Waals surface area contributed by atoms with E-state index in [4.69, 9.17) is 0 Å². The number of hydrogen-bond donors (Lipinski definition) is 0. The van der Waals surface area contributed by atoms with Crippen LogP contribution < -0.4 is 0 Å². The predicted molar refractivity (Wildman–Crippen MR) is 105 cm³/mol. The van der Waals surface area contributed by atoms with Gasteiger partial charge in [-0.2, -0.15) is 0 Å². The third-order valence-electron chi connectivity index (χ3n) is 4.26. The summed E-state index contributed by atoms with van der Waals surface area (Å²) < 4.78 is 0. The van der Waals surface area contributed by atoms with Crippen LogP contribution in [0.2, 0.25) is 0 Å². The molecule has 1 aromatic heterocycles. The smallest absolute Gasteiger partial charge is 0.0427 e. The van der Waals surface area contributed by atoms with E-state index >= 15 is 0 Å². The van der Waals surface area contributed by atoms with Gasteiger partial charge < -0.3 is 0 Å². The van der Waals surface area contributed by atoms with E-state index in [1.165, 1.54) is 37.6 Å². The summed E-state index contributed by atoms with van der Waals surface area (Å²) in [5.41, 5.74) is 6.51. The molecule has 0 saturated heterocycles. The van der Waals surface area contributed by atoms with Gasteiger partial charge in [0.1, 0.15) is 0 Å². The first-order chi connectivity index (χ1) is 11.8. The van der Waals surface area contributed by atoms with Gasteiger partial charge in [-0.3, -0.25) is 0 Å². The van der Waals surface area contributed by atoms with Gasteiger partial charge in [-0.25, -0.2) is 0 Å². The van der Waals surface area contributed by atoms with Crippen LogP contribution in [-0.2, 0) is 0 Å². The minimum Gasteiger partial charge on any atom is -0.135 e. The molecule has 0 bridgehead atoms. The van der Waals surface area contributed by atoms with Crippen molar-refractivity contribution in [3.63, 3.8) is 0 Å². The monoisotopic (exact) mass is 326 g/mol. The zero-order chi connectivity index (χ0) is 16.4. The van der Waals surface area contributed by atoms with Crippen LogP contribution >= 0.6 is 11.3 Å². The van der Waals surface area contributed by atoms with Gasteiger partial charge in [-0.15, -0.1) is 11.3 Å². The van der Waals surface area contributed by atoms with Crippen molar-refractivity contribution < 1.29 is 0 Å². The highest BCUT2D eigenvalue weighted by molar-refractivity contribution is 7.19. The van der Waals surface area contributed by atoms with Gasteiger partial charge in [-0.05, 0) is 35.2 Å². The van der Waals surface area contributed by atoms with E-state index in [1.54, 1.807) is 0 Å². The molecule has 0 saturated carbocycles. The van der Waals surface area contributed by atoms with Crippen LogP contribution in [0.15, 0.2) is 91.0 Å². The van der Waals surface area contributed by atoms with E-state index in [0.717, 1.165) is 0 Å². The van der Waals surface area contributed by atoms with Crippen molar-refractivity contribution in [3.8, 4) is 32.0 Å². The molecular formula is C23H18S. The molecule has 0 atom stereocenters. The second-order valence-corrected chi connectivity index (χ2v) is 6.95. The van der Waals surface area contributed by atoms with Gasteiger partial charge >= 0.3 is 0 Å². The summed E-state index contributed by atoms with van der Waals surface area (Å²) in [5.74, 6) is 0. The Labute approximate surface area is 147 Å². The van der Waals surface area contributed by atoms with Crippen LogP contribution in [0.4, 0.5) is 0 Å². The average molecular weight is 326 g/mol. The molecule has 0 amide bonds. The maximum atomic E-state index is 2.34. The van der Waals surface area contributed by atoms with Crippen LogP contribution in [0.5, 0.6) is 0 Å². The Kier molecular flexibility index (Phi) is 4.02. The van der Waals surface area contributed by atoms with E-state index in [1.807, 2.05) is 11.3 Å². The maximum absolute atomic E-state index is 2.34. The first-order valence-corrected chi connectivity index (χ1v) is 8.95. The molecular weight excluding hydrogens is 308 g/mol. The molecule has 0 aliphatic carbocycles. The van der Waals surface area contributed by atoms with Crippen molar-refractivity contribution in [2.45, 2.75) is 6.92 Å². The second-order valence-electron chi connectivity index (χ2n) is 5.90. The second kappa shape index (κ2) is 6.46. The van der Waals surface area contributed by atoms with Crippen molar-refractivity contribution in [1.29, 1.82) is 0 Å². The molecule has 116 valence electrons. The Morgan fingerprint density at radius 3 is 1.83 bits per heavy atom. The lowest BCUT2D eigenvalue weighted by atomic mass is 9.98. The summed E-state index contributed by atoms with van der Waals surface area (Å²) in [4.78, 5) is 2.65. The molecule has 0 spiro atoms. The fourth-order valence-corrected chi connectivity index (χ4v) is 4.20. The molecule has 0 nitrogen and oxygen atoms in total. The Morgan fingerprint density at radius 1 is 0.583 bits per heavy atom. The van der Waals surface area contributed by atoms with Gasteiger partial charge in [0.05, 0.1) is 0 Å². The quantitative estimate of drug-likeness (QED) is 0.378. The van der Waals surface area contributed by atoms with E-state index in [2.05, 4.69) is 97.9 Å². The number of thiophene rings is 1. The number of hydrogen-bond acceptors (Lipinski definition) is 1. The van der Waals surface area contributed by atoms with E-state index in [-0.39, 0.29) is 0 Å². The predicted octanol–water partition coefficient (Wildman–Crippen LogP) is 7.06. The lowest BCUT2D eigenvalue weighted by Crippen LogP contribution is -1.83. The number of aryl methyl sites for hydroxylation is 1. The highest BCUT2D eigenvalue weighted by atomic mass is 32.1. The topological polar surface area (TPSA) is 0 Å². The van der Waals surface area contributed by atoms with Crippen LogP contribution in [0.25, 0.3) is 32.0 Å². The SMILES string of the molecule is Cc1ccccc1-c1cc(-c2ccccc2)sc1-c1ccccc1. The third-order valence-corrected chi connectivity index (χ3v) is 5.49. The normalized spacial score (nSPS) is 10.7. The first kappa shape index (κ1) is 14.9. The number of rotatable bonds is 3. The minimum absolute atomic E-state index is 1.28. The molecule has 0 radical (unpaired) electrons. The standard InChI is InChI=1S/C23H18S/c1-17-10-8-9-15-20(17)21-16-22(18-11-4-2-5-12-18)24-23(21)19-13-6-3-7-14-19/h2-16H,1H3. The Morgan fingerprint density at radius 2 is 1.17 bits per heavy atom. The van der Waals surface area contributed by atoms with Gasteiger partial charge in [0.2, 0.25) is 0 Å². The summed E-state index contributed by atoms with van der Waals surface area (Å²) in [6.45, 7) is 2.18. The van der Waals surface area contributed by atoms with Gasteiger partial charge in [-0.1, -0.05) is 84.9 Å². The molecule has 1 heteroatoms. The number of benzene rings is 3. The Balaban J connectivity index is 1.94. The lowest BCUT2D eigenvalue weighted by Gasteiger charge is -2.07. The molecule has 0 aliphatic rings. The van der Waals surface area contributed by atoms with Crippen LogP contribution in [-0.4, -0.2) is 0 Å². The Hall–Kier alpha value is -2.64. The zero-order valence-electron chi connectivity index (χ0n) is 13.6. The molecule has 0 unspecified atom stereocenters. The molecule has 0 N–H and O–H groups in total. The third kappa shape index (κ3) is 2.79. The minimum atomic E-state index is 1.28. The molecule has 4 aromatic rings. The van der Waals surface area contributed by atoms with E-state index in [9.17, 15) is 0 Å². The average Bonchev–Trinajstić information content (AvgIpc) is 3.09. The molecule has 24 heavy (non-hydrogen) atoms. The largest absolute Gasteiger partial charge is 0.135 e. The van der Waals surface area contributed by atoms with Crippen molar-refractivity contribution in [2.24, 2.45) is 0 Å². The lowest BCUT2D eigenvalue weighted by molar-refractivity contribution is 1.47. The van der Waals surface area contributed by atoms with Crippen LogP contribution in [0, 0.1) is 6.92 Å². The highest BCUT2D eigenvalue weighted by Gasteiger charge is 2.15. The molecule has 3 aromatic carbocycles. The summed E-state index contributed by atoms with van der Waals surface area (Å²) >= 11 is 1.87. The molecule has 0 aliphatic heterocycles. The van der Waals surface area contributed by atoms with E-state index < -0.39 is 0 Å². The fraction of sp³-hybridized carbons (Fsp3) is 0.0435. The summed E-state index contributed by atoms with van der Waals surface area (Å²) in [5, 5.41) is 0. The molecule has 1 heterocycles. The molecule has 4 rings (SSSR count). The highest BCUT2D eigenvalue weighted by Crippen LogP contribution is 2.43. The fourth-order valence-electron chi connectivity index (χ4n) is 3.01. The summed E-state index contributed by atoms with van der Waals surface area (Å²) in [6, 6.07) is 32.3. The summed E-state index contributed by atoms with van der Waals surface area (Å²) in [6.07, 6.45) is 0. The zero-order valence-corrected chi connectivity index (χ0v) is 14.4. The summed E-state index contributed by atoms with van der Waals surface area (Å²) in [7, 11) is 0. The van der Waals surface area contributed by atoms with Crippen molar-refractivity contribution in [2.75, 3.05) is 0 Å². The van der Waals surface area contributed by atoms with Crippen molar-refractivity contribution in [3.05, 3.63) is 96.6 Å². The first-order valence-electron chi connectivity index (χ1n) is 8.13. The van der Waals surface area contributed by atoms with Crippen molar-refractivity contribution >= 4 is 11.3 Å². The van der Waals surface area contributed by atoms with Gasteiger partial charge in [0.25, 0.3) is 0 Å². The van der Waals surface area contributed by atoms with Crippen LogP contribution in [0.3, 0.4) is 0 Å². The van der Waals surface area contributed by atoms with Crippen LogP contribution in [0.1, 0.15) is 5.56 Å². The van der Waals surface area contributed by atoms with E-state index in [0.29, 0.717) is 0 Å². The van der Waals surface area contributed by atoms with Crippen molar-refractivity contribution in [1.82, 2.24) is 0 Å². The Bertz CT molecular complexity index is 950. The van der Waals surface area contributed by atoms with Gasteiger partial charge in [0.15, 0.2) is 0 Å². The maximum Gasteiger partial charge on any atom is 0.0427 e. The molecule has 0 fully saturated rings. The van der Waals surface area contributed by atoms with Gasteiger partial charge in [0, 0.05) is 15.3 Å².